The predicted molar refractivity (Wildman–Crippen MR) is 80.3 cm³/mol. The molecule has 3 atom stereocenters. The molecule has 2 heterocycles. The maximum Gasteiger partial charge on any atom is 0.223 e. The largest absolute Gasteiger partial charge is 0.493 e. The first kappa shape index (κ1) is 14.4. The quantitative estimate of drug-likeness (QED) is 0.908. The summed E-state index contributed by atoms with van der Waals surface area (Å²) < 4.78 is 5.65. The lowest BCUT2D eigenvalue weighted by Gasteiger charge is -2.35. The summed E-state index contributed by atoms with van der Waals surface area (Å²) in [4.78, 5) is 14.3. The molecular formula is C17H23NO3. The molecule has 3 rings (SSSR count). The van der Waals surface area contributed by atoms with Crippen LogP contribution in [0.5, 0.6) is 5.75 Å². The van der Waals surface area contributed by atoms with Crippen molar-refractivity contribution < 1.29 is 14.6 Å². The summed E-state index contributed by atoms with van der Waals surface area (Å²) >= 11 is 0. The zero-order valence-electron chi connectivity index (χ0n) is 12.5. The van der Waals surface area contributed by atoms with Crippen molar-refractivity contribution in [1.29, 1.82) is 0 Å². The third-order valence-electron chi connectivity index (χ3n) is 4.78. The number of rotatable bonds is 2. The monoisotopic (exact) mass is 289 g/mol. The van der Waals surface area contributed by atoms with Gasteiger partial charge in [-0.3, -0.25) is 4.79 Å². The molecule has 21 heavy (non-hydrogen) atoms. The highest BCUT2D eigenvalue weighted by atomic mass is 16.5. The number of para-hydroxylation sites is 1. The van der Waals surface area contributed by atoms with Gasteiger partial charge in [0.05, 0.1) is 12.7 Å². The Morgan fingerprint density at radius 1 is 1.38 bits per heavy atom. The first-order chi connectivity index (χ1) is 10.1. The minimum absolute atomic E-state index is 0.155. The summed E-state index contributed by atoms with van der Waals surface area (Å²) in [5.74, 6) is 1.59. The first-order valence-electron chi connectivity index (χ1n) is 7.82. The van der Waals surface area contributed by atoms with Gasteiger partial charge in [0.15, 0.2) is 0 Å². The zero-order chi connectivity index (χ0) is 14.8. The number of hydrogen-bond donors (Lipinski definition) is 1. The number of hydrogen-bond acceptors (Lipinski definition) is 3. The standard InChI is InChI=1S/C17H23NO3/c1-12-6-8-18(11-15(12)19)17(20)10-13-7-9-21-16-5-3-2-4-14(13)16/h2-5,12-13,15,19H,6-11H2,1H3. The van der Waals surface area contributed by atoms with Crippen LogP contribution in [0.1, 0.15) is 37.7 Å². The van der Waals surface area contributed by atoms with E-state index >= 15 is 0 Å². The predicted octanol–water partition coefficient (Wildman–Crippen LogP) is 2.17. The number of aliphatic hydroxyl groups excluding tert-OH is 1. The summed E-state index contributed by atoms with van der Waals surface area (Å²) in [5.41, 5.74) is 1.14. The fourth-order valence-corrected chi connectivity index (χ4v) is 3.24. The average molecular weight is 289 g/mol. The molecule has 0 aliphatic carbocycles. The Kier molecular flexibility index (Phi) is 4.15. The Morgan fingerprint density at radius 3 is 3.00 bits per heavy atom. The van der Waals surface area contributed by atoms with Gasteiger partial charge in [0, 0.05) is 19.5 Å². The van der Waals surface area contributed by atoms with Gasteiger partial charge in [0.1, 0.15) is 5.75 Å². The molecule has 1 aromatic rings. The van der Waals surface area contributed by atoms with E-state index in [4.69, 9.17) is 4.74 Å². The molecule has 0 saturated carbocycles. The van der Waals surface area contributed by atoms with Crippen molar-refractivity contribution >= 4 is 5.91 Å². The van der Waals surface area contributed by atoms with Gasteiger partial charge in [-0.05, 0) is 36.3 Å². The van der Waals surface area contributed by atoms with Crippen molar-refractivity contribution in [1.82, 2.24) is 4.90 Å². The van der Waals surface area contributed by atoms with Gasteiger partial charge in [-0.25, -0.2) is 0 Å². The van der Waals surface area contributed by atoms with E-state index in [1.165, 1.54) is 0 Å². The Labute approximate surface area is 125 Å². The van der Waals surface area contributed by atoms with Crippen LogP contribution in [0.15, 0.2) is 24.3 Å². The minimum Gasteiger partial charge on any atom is -0.493 e. The van der Waals surface area contributed by atoms with Crippen LogP contribution < -0.4 is 4.74 Å². The fraction of sp³-hybridized carbons (Fsp3) is 0.588. The number of benzene rings is 1. The lowest BCUT2D eigenvalue weighted by Crippen LogP contribution is -2.46. The van der Waals surface area contributed by atoms with Gasteiger partial charge in [-0.2, -0.15) is 0 Å². The highest BCUT2D eigenvalue weighted by Gasteiger charge is 2.30. The molecule has 2 aliphatic rings. The number of likely N-dealkylation sites (tertiary alicyclic amines) is 1. The number of carbonyl (C=O) groups excluding carboxylic acids is 1. The van der Waals surface area contributed by atoms with Crippen molar-refractivity contribution in [2.45, 2.75) is 38.2 Å². The van der Waals surface area contributed by atoms with Crippen LogP contribution in [0.4, 0.5) is 0 Å². The maximum absolute atomic E-state index is 12.5. The molecule has 2 aliphatic heterocycles. The highest BCUT2D eigenvalue weighted by Crippen LogP contribution is 2.36. The average Bonchev–Trinajstić information content (AvgIpc) is 2.50. The highest BCUT2D eigenvalue weighted by molar-refractivity contribution is 5.77. The van der Waals surface area contributed by atoms with Gasteiger partial charge in [0.2, 0.25) is 5.91 Å². The van der Waals surface area contributed by atoms with Crippen LogP contribution in [0.2, 0.25) is 0 Å². The molecule has 4 nitrogen and oxygen atoms in total. The van der Waals surface area contributed by atoms with Gasteiger partial charge in [-0.1, -0.05) is 25.1 Å². The van der Waals surface area contributed by atoms with Crippen molar-refractivity contribution in [3.8, 4) is 5.75 Å². The number of carbonyl (C=O) groups is 1. The number of ether oxygens (including phenoxy) is 1. The third kappa shape index (κ3) is 3.05. The molecule has 1 N–H and O–H groups in total. The second-order valence-corrected chi connectivity index (χ2v) is 6.25. The number of nitrogens with zero attached hydrogens (tertiary/aromatic N) is 1. The number of piperidine rings is 1. The molecular weight excluding hydrogens is 266 g/mol. The van der Waals surface area contributed by atoms with E-state index in [0.717, 1.165) is 30.7 Å². The van der Waals surface area contributed by atoms with Crippen LogP contribution in [0, 0.1) is 5.92 Å². The van der Waals surface area contributed by atoms with E-state index < -0.39 is 0 Å². The molecule has 1 amide bonds. The maximum atomic E-state index is 12.5. The number of β-amino-alcohol motifs (C(OH)–C–C–N with tert-alkyl or cyclic N) is 1. The van der Waals surface area contributed by atoms with E-state index in [1.54, 1.807) is 0 Å². The molecule has 114 valence electrons. The molecule has 0 spiro atoms. The SMILES string of the molecule is CC1CCN(C(=O)CC2CCOc3ccccc32)CC1O. The smallest absolute Gasteiger partial charge is 0.223 e. The van der Waals surface area contributed by atoms with E-state index in [0.29, 0.717) is 19.6 Å². The van der Waals surface area contributed by atoms with Crippen LogP contribution in [-0.2, 0) is 4.79 Å². The molecule has 3 unspecified atom stereocenters. The Bertz CT molecular complexity index is 517. The fourth-order valence-electron chi connectivity index (χ4n) is 3.24. The Morgan fingerprint density at radius 2 is 2.19 bits per heavy atom. The van der Waals surface area contributed by atoms with Gasteiger partial charge in [0.25, 0.3) is 0 Å². The van der Waals surface area contributed by atoms with E-state index in [-0.39, 0.29) is 23.8 Å². The number of fused-ring (bicyclic) bond motifs is 1. The van der Waals surface area contributed by atoms with Gasteiger partial charge < -0.3 is 14.7 Å². The van der Waals surface area contributed by atoms with Crippen LogP contribution >= 0.6 is 0 Å². The second-order valence-electron chi connectivity index (χ2n) is 6.25. The molecule has 0 aromatic heterocycles. The summed E-state index contributed by atoms with van der Waals surface area (Å²) in [7, 11) is 0. The van der Waals surface area contributed by atoms with Crippen molar-refractivity contribution in [2.24, 2.45) is 5.92 Å². The normalized spacial score (nSPS) is 28.7. The molecule has 1 fully saturated rings. The van der Waals surface area contributed by atoms with Crippen LogP contribution in [0.3, 0.4) is 0 Å². The van der Waals surface area contributed by atoms with Crippen molar-refractivity contribution in [3.63, 3.8) is 0 Å². The molecule has 4 heteroatoms. The number of amides is 1. The van der Waals surface area contributed by atoms with Crippen molar-refractivity contribution in [3.05, 3.63) is 29.8 Å². The van der Waals surface area contributed by atoms with Gasteiger partial charge >= 0.3 is 0 Å². The third-order valence-corrected chi connectivity index (χ3v) is 4.78. The second kappa shape index (κ2) is 6.06. The summed E-state index contributed by atoms with van der Waals surface area (Å²) in [5, 5.41) is 9.95. The lowest BCUT2D eigenvalue weighted by molar-refractivity contribution is -0.136. The van der Waals surface area contributed by atoms with E-state index in [1.807, 2.05) is 30.0 Å². The first-order valence-corrected chi connectivity index (χ1v) is 7.82. The Balaban J connectivity index is 1.66. The summed E-state index contributed by atoms with van der Waals surface area (Å²) in [6.45, 7) is 3.96. The van der Waals surface area contributed by atoms with Crippen LogP contribution in [0.25, 0.3) is 0 Å². The van der Waals surface area contributed by atoms with Crippen molar-refractivity contribution in [2.75, 3.05) is 19.7 Å². The van der Waals surface area contributed by atoms with Gasteiger partial charge in [-0.15, -0.1) is 0 Å². The Hall–Kier alpha value is -1.55. The minimum atomic E-state index is -0.385. The summed E-state index contributed by atoms with van der Waals surface area (Å²) in [6, 6.07) is 7.99. The summed E-state index contributed by atoms with van der Waals surface area (Å²) in [6.07, 6.45) is 1.90. The van der Waals surface area contributed by atoms with Crippen LogP contribution in [-0.4, -0.2) is 41.7 Å². The van der Waals surface area contributed by atoms with E-state index in [9.17, 15) is 9.90 Å². The lowest BCUT2D eigenvalue weighted by atomic mass is 9.89. The number of aliphatic hydroxyl groups is 1. The molecule has 0 bridgehead atoms. The molecule has 1 aromatic carbocycles. The van der Waals surface area contributed by atoms with E-state index in [2.05, 4.69) is 6.07 Å². The topological polar surface area (TPSA) is 49.8 Å². The molecule has 1 saturated heterocycles. The molecule has 0 radical (unpaired) electrons. The zero-order valence-corrected chi connectivity index (χ0v) is 12.5.